The number of aromatic nitrogens is 4. The molecule has 2 heterocycles. The summed E-state index contributed by atoms with van der Waals surface area (Å²) < 4.78 is 76.5. The summed E-state index contributed by atoms with van der Waals surface area (Å²) in [5.41, 5.74) is 4.05. The van der Waals surface area contributed by atoms with E-state index in [0.717, 1.165) is 32.0 Å². The molecule has 0 fully saturated rings. The lowest BCUT2D eigenvalue weighted by Gasteiger charge is -2.33. The van der Waals surface area contributed by atoms with E-state index in [4.69, 9.17) is 10.5 Å². The van der Waals surface area contributed by atoms with Crippen LogP contribution in [0.1, 0.15) is 32.4 Å². The van der Waals surface area contributed by atoms with Crippen molar-refractivity contribution in [2.24, 2.45) is 0 Å². The molecule has 11 nitrogen and oxygen atoms in total. The van der Waals surface area contributed by atoms with Crippen LogP contribution >= 0.6 is 7.44 Å². The number of ether oxygens (including phenoxy) is 1. The number of benzene rings is 1. The van der Waals surface area contributed by atoms with Crippen molar-refractivity contribution in [2.45, 2.75) is 51.2 Å². The van der Waals surface area contributed by atoms with Gasteiger partial charge in [0.15, 0.2) is 11.5 Å². The van der Waals surface area contributed by atoms with Crippen LogP contribution < -0.4 is 15.9 Å². The SMILES string of the molecule is C[C@H](Cn1cnc2c(N)ncnc21)OCP(=O)(N[C@H](c1cccc(F)c1)C(F)(F)F)NC(C)(C)C(=O)O. The Bertz CT molecular complexity index is 1320. The van der Waals surface area contributed by atoms with E-state index in [1.807, 2.05) is 5.09 Å². The molecule has 0 bridgehead atoms. The van der Waals surface area contributed by atoms with Crippen LogP contribution in [0, 0.1) is 5.82 Å². The number of hydrogen-bond acceptors (Lipinski definition) is 7. The molecule has 16 heteroatoms. The van der Waals surface area contributed by atoms with Crippen LogP contribution in [-0.4, -0.2) is 54.8 Å². The average Bonchev–Trinajstić information content (AvgIpc) is 3.19. The first kappa shape index (κ1) is 28.4. The Hall–Kier alpha value is -3.13. The maximum atomic E-state index is 14.0. The number of anilines is 1. The molecule has 0 saturated carbocycles. The van der Waals surface area contributed by atoms with Crippen LogP contribution in [0.5, 0.6) is 0 Å². The Kier molecular flexibility index (Phi) is 8.22. The number of carboxylic acids is 1. The Labute approximate surface area is 208 Å². The number of imidazole rings is 1. The van der Waals surface area contributed by atoms with Gasteiger partial charge >= 0.3 is 12.1 Å². The predicted octanol–water partition coefficient (Wildman–Crippen LogP) is 3.45. The van der Waals surface area contributed by atoms with Crippen molar-refractivity contribution >= 4 is 30.4 Å². The summed E-state index contributed by atoms with van der Waals surface area (Å²) in [5, 5.41) is 13.7. The van der Waals surface area contributed by atoms with E-state index >= 15 is 0 Å². The van der Waals surface area contributed by atoms with E-state index in [1.54, 1.807) is 11.5 Å². The second-order valence-corrected chi connectivity index (χ2v) is 11.1. The van der Waals surface area contributed by atoms with Gasteiger partial charge < -0.3 is 20.1 Å². The highest BCUT2D eigenvalue weighted by molar-refractivity contribution is 7.59. The number of carboxylic acid groups (broad SMARTS) is 1. The minimum absolute atomic E-state index is 0.0991. The first-order chi connectivity index (χ1) is 17.1. The number of nitrogens with one attached hydrogen (secondary N) is 2. The topological polar surface area (TPSA) is 157 Å². The zero-order chi connectivity index (χ0) is 27.6. The molecule has 0 aliphatic rings. The number of nitrogens with two attached hydrogens (primary N) is 1. The molecular weight excluding hydrogens is 521 g/mol. The van der Waals surface area contributed by atoms with Crippen molar-refractivity contribution in [2.75, 3.05) is 12.1 Å². The normalized spacial score (nSPS) is 15.9. The molecule has 0 aliphatic carbocycles. The molecule has 5 N–H and O–H groups in total. The molecule has 3 atom stereocenters. The van der Waals surface area contributed by atoms with Gasteiger partial charge in [0.1, 0.15) is 35.6 Å². The zero-order valence-electron chi connectivity index (χ0n) is 20.0. The van der Waals surface area contributed by atoms with E-state index in [9.17, 15) is 32.0 Å². The van der Waals surface area contributed by atoms with Gasteiger partial charge in [-0.25, -0.2) is 29.5 Å². The Balaban J connectivity index is 1.85. The second-order valence-electron chi connectivity index (χ2n) is 8.87. The van der Waals surface area contributed by atoms with Gasteiger partial charge in [-0.05, 0) is 38.5 Å². The lowest BCUT2D eigenvalue weighted by Crippen LogP contribution is -2.49. The molecule has 0 amide bonds. The van der Waals surface area contributed by atoms with Gasteiger partial charge in [-0.2, -0.15) is 13.2 Å². The maximum absolute atomic E-state index is 14.0. The maximum Gasteiger partial charge on any atom is 0.408 e. The van der Waals surface area contributed by atoms with Crippen molar-refractivity contribution in [3.05, 3.63) is 48.3 Å². The van der Waals surface area contributed by atoms with Crippen LogP contribution in [0.2, 0.25) is 0 Å². The molecule has 202 valence electrons. The van der Waals surface area contributed by atoms with Gasteiger partial charge in [0.25, 0.3) is 0 Å². The Morgan fingerprint density at radius 1 is 1.27 bits per heavy atom. The molecular formula is C21H26F4N7O4P. The first-order valence-corrected chi connectivity index (χ1v) is 12.8. The van der Waals surface area contributed by atoms with E-state index in [1.165, 1.54) is 12.7 Å². The smallest absolute Gasteiger partial charge is 0.408 e. The minimum atomic E-state index is -5.00. The number of nitrogen functional groups attached to an aromatic ring is 1. The highest BCUT2D eigenvalue weighted by Gasteiger charge is 2.46. The molecule has 37 heavy (non-hydrogen) atoms. The second kappa shape index (κ2) is 10.7. The van der Waals surface area contributed by atoms with E-state index in [2.05, 4.69) is 20.0 Å². The van der Waals surface area contributed by atoms with Gasteiger partial charge in [-0.3, -0.25) is 9.36 Å². The Morgan fingerprint density at radius 2 is 1.97 bits per heavy atom. The number of hydrogen-bond donors (Lipinski definition) is 4. The lowest BCUT2D eigenvalue weighted by molar-refractivity contribution is -0.153. The molecule has 3 rings (SSSR count). The molecule has 0 aliphatic heterocycles. The first-order valence-electron chi connectivity index (χ1n) is 10.9. The molecule has 1 unspecified atom stereocenters. The van der Waals surface area contributed by atoms with Crippen molar-refractivity contribution in [1.29, 1.82) is 0 Å². The van der Waals surface area contributed by atoms with Crippen molar-refractivity contribution in [3.63, 3.8) is 0 Å². The van der Waals surface area contributed by atoms with Gasteiger partial charge in [0, 0.05) is 0 Å². The third-order valence-electron chi connectivity index (χ3n) is 5.27. The lowest BCUT2D eigenvalue weighted by atomic mass is 10.1. The summed E-state index contributed by atoms with van der Waals surface area (Å²) in [5.74, 6) is -2.23. The van der Waals surface area contributed by atoms with Crippen molar-refractivity contribution in [1.82, 2.24) is 29.7 Å². The number of halogens is 4. The number of alkyl halides is 3. The fraction of sp³-hybridized carbons (Fsp3) is 0.429. The third-order valence-corrected chi connectivity index (χ3v) is 7.37. The van der Waals surface area contributed by atoms with Gasteiger partial charge in [0.05, 0.1) is 19.0 Å². The van der Waals surface area contributed by atoms with Crippen molar-refractivity contribution < 1.29 is 36.8 Å². The summed E-state index contributed by atoms with van der Waals surface area (Å²) in [4.78, 5) is 23.7. The highest BCUT2D eigenvalue weighted by atomic mass is 31.2. The number of fused-ring (bicyclic) bond motifs is 1. The van der Waals surface area contributed by atoms with Crippen LogP contribution in [0.4, 0.5) is 23.4 Å². The quantitative estimate of drug-likeness (QED) is 0.207. The van der Waals surface area contributed by atoms with Gasteiger partial charge in [-0.15, -0.1) is 0 Å². The van der Waals surface area contributed by atoms with Crippen LogP contribution in [0.3, 0.4) is 0 Å². The van der Waals surface area contributed by atoms with Gasteiger partial charge in [0.2, 0.25) is 7.44 Å². The number of nitrogens with zero attached hydrogens (tertiary/aromatic N) is 4. The molecule has 2 aromatic heterocycles. The Morgan fingerprint density at radius 3 is 2.59 bits per heavy atom. The summed E-state index contributed by atoms with van der Waals surface area (Å²) >= 11 is 0. The van der Waals surface area contributed by atoms with Crippen LogP contribution in [0.15, 0.2) is 36.9 Å². The largest absolute Gasteiger partial charge is 0.480 e. The fourth-order valence-electron chi connectivity index (χ4n) is 3.43. The van der Waals surface area contributed by atoms with Crippen LogP contribution in [0.25, 0.3) is 11.2 Å². The summed E-state index contributed by atoms with van der Waals surface area (Å²) in [6.45, 7) is 3.94. The fourth-order valence-corrected chi connectivity index (χ4v) is 5.81. The molecule has 0 spiro atoms. The highest BCUT2D eigenvalue weighted by Crippen LogP contribution is 2.46. The standard InChI is InChI=1S/C21H26F4N7O4P/c1-12(8-32-10-29-15-17(26)27-9-28-18(15)32)36-11-37(35,31-20(2,3)19(33)34)30-16(21(23,24)25)13-5-4-6-14(22)7-13/h4-7,9-10,12,16H,8,11H2,1-3H3,(H,33,34)(H2,26,27,28)(H2,30,31,35)/t12-,16-,37?/m1/s1. The predicted molar refractivity (Wildman–Crippen MR) is 126 cm³/mol. The molecule has 0 saturated heterocycles. The number of aliphatic carboxylic acids is 1. The molecule has 1 aromatic carbocycles. The average molecular weight is 547 g/mol. The van der Waals surface area contributed by atoms with Gasteiger partial charge in [-0.1, -0.05) is 12.1 Å². The van der Waals surface area contributed by atoms with E-state index < -0.39 is 55.0 Å². The number of rotatable bonds is 11. The summed E-state index contributed by atoms with van der Waals surface area (Å²) in [7, 11) is -4.44. The molecule has 3 aromatic rings. The van der Waals surface area contributed by atoms with Crippen LogP contribution in [-0.2, 0) is 20.6 Å². The van der Waals surface area contributed by atoms with E-state index in [0.29, 0.717) is 17.2 Å². The van der Waals surface area contributed by atoms with Crippen molar-refractivity contribution in [3.8, 4) is 0 Å². The monoisotopic (exact) mass is 547 g/mol. The van der Waals surface area contributed by atoms with E-state index in [-0.39, 0.29) is 12.4 Å². The third kappa shape index (κ3) is 7.01. The zero-order valence-corrected chi connectivity index (χ0v) is 20.9. The number of carbonyl (C=O) groups is 1. The molecule has 0 radical (unpaired) electrons. The summed E-state index contributed by atoms with van der Waals surface area (Å²) in [6.07, 6.45) is -3.91. The summed E-state index contributed by atoms with van der Waals surface area (Å²) in [6, 6.07) is 1.13. The minimum Gasteiger partial charge on any atom is -0.480 e.